The van der Waals surface area contributed by atoms with Crippen molar-refractivity contribution < 1.29 is 4.74 Å². The lowest BCUT2D eigenvalue weighted by Crippen LogP contribution is -2.13. The summed E-state index contributed by atoms with van der Waals surface area (Å²) in [6, 6.07) is 9.72. The van der Waals surface area contributed by atoms with Crippen LogP contribution in [0.4, 0.5) is 0 Å². The second-order valence-corrected chi connectivity index (χ2v) is 5.89. The molecule has 0 aliphatic carbocycles. The highest BCUT2D eigenvalue weighted by atomic mass is 16.5. The summed E-state index contributed by atoms with van der Waals surface area (Å²) in [5, 5.41) is 11.6. The first-order chi connectivity index (χ1) is 9.47. The Labute approximate surface area is 117 Å². The molecular formula is C15H18N4O. The fraction of sp³-hybridized carbons (Fsp3) is 0.333. The Morgan fingerprint density at radius 1 is 1.10 bits per heavy atom. The first-order valence-electron chi connectivity index (χ1n) is 6.64. The molecule has 104 valence electrons. The van der Waals surface area contributed by atoms with E-state index in [0.717, 1.165) is 28.7 Å². The smallest absolute Gasteiger partial charge is 0.220 e. The lowest BCUT2D eigenvalue weighted by molar-refractivity contribution is 0.455. The third kappa shape index (κ3) is 2.05. The molecule has 0 spiro atoms. The molecule has 2 heterocycles. The lowest BCUT2D eigenvalue weighted by Gasteiger charge is -2.18. The molecule has 0 saturated carbocycles. The quantitative estimate of drug-likeness (QED) is 0.776. The summed E-state index contributed by atoms with van der Waals surface area (Å²) in [5.41, 5.74) is 1.66. The van der Waals surface area contributed by atoms with Crippen molar-refractivity contribution in [3.63, 3.8) is 0 Å². The van der Waals surface area contributed by atoms with E-state index in [0.29, 0.717) is 0 Å². The Morgan fingerprint density at radius 3 is 2.45 bits per heavy atom. The number of nitrogens with zero attached hydrogens (tertiary/aromatic N) is 3. The van der Waals surface area contributed by atoms with E-state index in [1.165, 1.54) is 0 Å². The van der Waals surface area contributed by atoms with Crippen molar-refractivity contribution >= 4 is 5.65 Å². The second-order valence-electron chi connectivity index (χ2n) is 5.89. The number of benzene rings is 1. The van der Waals surface area contributed by atoms with Gasteiger partial charge in [-0.05, 0) is 19.1 Å². The molecule has 3 rings (SSSR count). The monoisotopic (exact) mass is 270 g/mol. The fourth-order valence-corrected chi connectivity index (χ4v) is 2.13. The number of hydrogen-bond donors (Lipinski definition) is 1. The van der Waals surface area contributed by atoms with Gasteiger partial charge in [0.15, 0.2) is 5.75 Å². The van der Waals surface area contributed by atoms with E-state index in [4.69, 9.17) is 4.74 Å². The first kappa shape index (κ1) is 12.7. The number of hydrogen-bond acceptors (Lipinski definition) is 3. The summed E-state index contributed by atoms with van der Waals surface area (Å²) in [7, 11) is 0. The highest BCUT2D eigenvalue weighted by Crippen LogP contribution is 2.36. The molecule has 2 aromatic heterocycles. The Kier molecular flexibility index (Phi) is 2.78. The van der Waals surface area contributed by atoms with Gasteiger partial charge < -0.3 is 4.74 Å². The van der Waals surface area contributed by atoms with Crippen LogP contribution in [0.15, 0.2) is 30.3 Å². The number of rotatable bonds is 2. The van der Waals surface area contributed by atoms with Crippen LogP contribution in [0.2, 0.25) is 0 Å². The molecule has 1 aromatic carbocycles. The Balaban J connectivity index is 2.16. The largest absolute Gasteiger partial charge is 0.451 e. The molecule has 5 heteroatoms. The van der Waals surface area contributed by atoms with Gasteiger partial charge in [0.05, 0.1) is 5.69 Å². The molecule has 0 saturated heterocycles. The molecular weight excluding hydrogens is 252 g/mol. The maximum atomic E-state index is 6.05. The van der Waals surface area contributed by atoms with Gasteiger partial charge in [0, 0.05) is 5.41 Å². The van der Waals surface area contributed by atoms with E-state index in [2.05, 4.69) is 36.1 Å². The highest BCUT2D eigenvalue weighted by molar-refractivity contribution is 5.59. The highest BCUT2D eigenvalue weighted by Gasteiger charge is 2.26. The van der Waals surface area contributed by atoms with Crippen molar-refractivity contribution in [2.45, 2.75) is 33.1 Å². The maximum absolute atomic E-state index is 6.05. The maximum Gasteiger partial charge on any atom is 0.220 e. The van der Waals surface area contributed by atoms with Gasteiger partial charge >= 0.3 is 0 Å². The average Bonchev–Trinajstić information content (AvgIpc) is 2.92. The van der Waals surface area contributed by atoms with Crippen LogP contribution in [0.1, 0.15) is 32.3 Å². The van der Waals surface area contributed by atoms with E-state index in [1.54, 1.807) is 0 Å². The Morgan fingerprint density at radius 2 is 1.80 bits per heavy atom. The van der Waals surface area contributed by atoms with Gasteiger partial charge in [0.2, 0.25) is 5.65 Å². The third-order valence-corrected chi connectivity index (χ3v) is 3.19. The summed E-state index contributed by atoms with van der Waals surface area (Å²) < 4.78 is 7.91. The van der Waals surface area contributed by atoms with Crippen molar-refractivity contribution in [2.24, 2.45) is 0 Å². The number of aromatic nitrogens is 4. The summed E-state index contributed by atoms with van der Waals surface area (Å²) >= 11 is 0. The number of ether oxygens (including phenoxy) is 1. The second kappa shape index (κ2) is 4.37. The van der Waals surface area contributed by atoms with Crippen molar-refractivity contribution in [1.82, 2.24) is 19.8 Å². The van der Waals surface area contributed by atoms with Crippen LogP contribution in [0.25, 0.3) is 5.65 Å². The number of para-hydroxylation sites is 1. The third-order valence-electron chi connectivity index (χ3n) is 3.19. The molecule has 0 fully saturated rings. The summed E-state index contributed by atoms with van der Waals surface area (Å²) in [6.45, 7) is 8.33. The van der Waals surface area contributed by atoms with Gasteiger partial charge in [-0.3, -0.25) is 5.10 Å². The molecule has 0 atom stereocenters. The number of fused-ring (bicyclic) bond motifs is 1. The van der Waals surface area contributed by atoms with Gasteiger partial charge in [-0.25, -0.2) is 4.52 Å². The van der Waals surface area contributed by atoms with Crippen LogP contribution in [0, 0.1) is 6.92 Å². The molecule has 5 nitrogen and oxygen atoms in total. The van der Waals surface area contributed by atoms with Gasteiger partial charge in [-0.1, -0.05) is 39.0 Å². The Hall–Kier alpha value is -2.30. The van der Waals surface area contributed by atoms with E-state index in [1.807, 2.05) is 41.8 Å². The van der Waals surface area contributed by atoms with Crippen molar-refractivity contribution in [3.05, 3.63) is 41.9 Å². The van der Waals surface area contributed by atoms with E-state index in [9.17, 15) is 0 Å². The van der Waals surface area contributed by atoms with Crippen LogP contribution in [-0.2, 0) is 5.41 Å². The minimum atomic E-state index is -0.0722. The normalized spacial score (nSPS) is 12.0. The van der Waals surface area contributed by atoms with Gasteiger partial charge in [0.1, 0.15) is 11.6 Å². The minimum Gasteiger partial charge on any atom is -0.451 e. The molecule has 0 aliphatic heterocycles. The number of nitrogens with one attached hydrogen (secondary N) is 1. The van der Waals surface area contributed by atoms with Crippen LogP contribution in [-0.4, -0.2) is 19.8 Å². The lowest BCUT2D eigenvalue weighted by atomic mass is 9.92. The standard InChI is InChI=1S/C15H18N4O/c1-10-16-17-14-12(20-11-8-6-5-7-9-11)13(15(2,3)4)18-19(10)14/h5-9,18H,1-4H3. The van der Waals surface area contributed by atoms with E-state index in [-0.39, 0.29) is 5.41 Å². The average molecular weight is 270 g/mol. The van der Waals surface area contributed by atoms with Crippen molar-refractivity contribution in [1.29, 1.82) is 0 Å². The van der Waals surface area contributed by atoms with Crippen LogP contribution in [0.3, 0.4) is 0 Å². The Bertz CT molecular complexity index is 734. The predicted octanol–water partition coefficient (Wildman–Crippen LogP) is 3.46. The zero-order valence-electron chi connectivity index (χ0n) is 12.1. The molecule has 20 heavy (non-hydrogen) atoms. The van der Waals surface area contributed by atoms with Gasteiger partial charge in [-0.15, -0.1) is 10.2 Å². The van der Waals surface area contributed by atoms with Gasteiger partial charge in [-0.2, -0.15) is 0 Å². The number of aryl methyl sites for hydroxylation is 1. The number of H-pyrrole nitrogens is 1. The summed E-state index contributed by atoms with van der Waals surface area (Å²) in [4.78, 5) is 0. The molecule has 0 aliphatic rings. The van der Waals surface area contributed by atoms with Crippen LogP contribution in [0.5, 0.6) is 11.5 Å². The SMILES string of the molecule is Cc1nnc2c(Oc3ccccc3)c(C(C)(C)C)[nH]n12. The van der Waals surface area contributed by atoms with Crippen LogP contribution < -0.4 is 4.74 Å². The van der Waals surface area contributed by atoms with Gasteiger partial charge in [0.25, 0.3) is 0 Å². The van der Waals surface area contributed by atoms with Crippen molar-refractivity contribution in [3.8, 4) is 11.5 Å². The zero-order chi connectivity index (χ0) is 14.3. The van der Waals surface area contributed by atoms with Crippen molar-refractivity contribution in [2.75, 3.05) is 0 Å². The summed E-state index contributed by atoms with van der Waals surface area (Å²) in [6.07, 6.45) is 0. The first-order valence-corrected chi connectivity index (χ1v) is 6.64. The zero-order valence-corrected chi connectivity index (χ0v) is 12.1. The minimum absolute atomic E-state index is 0.0722. The molecule has 0 amide bonds. The topological polar surface area (TPSA) is 55.2 Å². The molecule has 1 N–H and O–H groups in total. The molecule has 0 radical (unpaired) electrons. The van der Waals surface area contributed by atoms with E-state index < -0.39 is 0 Å². The molecule has 0 unspecified atom stereocenters. The summed E-state index contributed by atoms with van der Waals surface area (Å²) in [5.74, 6) is 2.35. The van der Waals surface area contributed by atoms with E-state index >= 15 is 0 Å². The molecule has 3 aromatic rings. The fourth-order valence-electron chi connectivity index (χ4n) is 2.13. The molecule has 0 bridgehead atoms. The predicted molar refractivity (Wildman–Crippen MR) is 77.3 cm³/mol. The van der Waals surface area contributed by atoms with Crippen LogP contribution >= 0.6 is 0 Å². The number of aromatic amines is 1.